The van der Waals surface area contributed by atoms with Crippen molar-refractivity contribution in [1.82, 2.24) is 0 Å². The van der Waals surface area contributed by atoms with Crippen LogP contribution in [0.15, 0.2) is 18.2 Å². The summed E-state index contributed by atoms with van der Waals surface area (Å²) in [6.45, 7) is 5.85. The minimum Gasteiger partial charge on any atom is -0.490 e. The third kappa shape index (κ3) is 2.90. The van der Waals surface area contributed by atoms with E-state index in [-0.39, 0.29) is 17.7 Å². The Morgan fingerprint density at radius 1 is 1.55 bits per heavy atom. The van der Waals surface area contributed by atoms with Crippen LogP contribution >= 0.6 is 0 Å². The van der Waals surface area contributed by atoms with Crippen molar-refractivity contribution >= 4 is 5.69 Å². The van der Waals surface area contributed by atoms with Gasteiger partial charge in [-0.15, -0.1) is 0 Å². The average Bonchev–Trinajstić information content (AvgIpc) is 2.38. The number of hydrogen-bond acceptors (Lipinski definition) is 4. The molecule has 0 radical (unpaired) electrons. The lowest BCUT2D eigenvalue weighted by Crippen LogP contribution is -2.35. The zero-order chi connectivity index (χ0) is 14.9. The van der Waals surface area contributed by atoms with Crippen molar-refractivity contribution in [2.24, 2.45) is 11.3 Å². The largest absolute Gasteiger partial charge is 0.490 e. The van der Waals surface area contributed by atoms with Crippen LogP contribution in [0.4, 0.5) is 5.69 Å². The number of rotatable bonds is 3. The Kier molecular flexibility index (Phi) is 3.67. The quantitative estimate of drug-likeness (QED) is 0.624. The van der Waals surface area contributed by atoms with E-state index in [2.05, 4.69) is 13.0 Å². The number of hydrogen-bond donors (Lipinski definition) is 0. The van der Waals surface area contributed by atoms with Gasteiger partial charge >= 0.3 is 0 Å². The average molecular weight is 274 g/mol. The van der Waals surface area contributed by atoms with Crippen molar-refractivity contribution in [2.45, 2.75) is 39.7 Å². The molecule has 0 N–H and O–H groups in total. The molecule has 2 rings (SSSR count). The lowest BCUT2D eigenvalue weighted by molar-refractivity contribution is -0.385. The van der Waals surface area contributed by atoms with Gasteiger partial charge in [0.25, 0.3) is 5.69 Å². The number of nitriles is 1. The highest BCUT2D eigenvalue weighted by molar-refractivity contribution is 5.45. The van der Waals surface area contributed by atoms with Crippen molar-refractivity contribution in [3.63, 3.8) is 0 Å². The van der Waals surface area contributed by atoms with Gasteiger partial charge in [-0.05, 0) is 32.3 Å². The highest BCUT2D eigenvalue weighted by Gasteiger charge is 2.33. The Hall–Kier alpha value is -2.09. The molecular weight excluding hydrogens is 256 g/mol. The first-order chi connectivity index (χ1) is 9.32. The lowest BCUT2D eigenvalue weighted by Gasteiger charge is -2.34. The third-order valence-electron chi connectivity index (χ3n) is 3.72. The maximum absolute atomic E-state index is 10.8. The van der Waals surface area contributed by atoms with Gasteiger partial charge in [-0.2, -0.15) is 5.26 Å². The number of nitrogens with zero attached hydrogens (tertiary/aromatic N) is 2. The van der Waals surface area contributed by atoms with Gasteiger partial charge in [-0.1, -0.05) is 6.92 Å². The minimum absolute atomic E-state index is 0.0291. The molecule has 0 saturated heterocycles. The van der Waals surface area contributed by atoms with Crippen LogP contribution in [0.1, 0.15) is 32.8 Å². The predicted molar refractivity (Wildman–Crippen MR) is 74.4 cm³/mol. The molecule has 1 aromatic rings. The van der Waals surface area contributed by atoms with E-state index in [1.54, 1.807) is 12.1 Å². The summed E-state index contributed by atoms with van der Waals surface area (Å²) in [6, 6.07) is 6.99. The van der Waals surface area contributed by atoms with E-state index >= 15 is 0 Å². The predicted octanol–water partition coefficient (Wildman–Crippen LogP) is 3.47. The molecular formula is C15H18N2O3. The number of nitro groups is 1. The molecule has 2 unspecified atom stereocenters. The molecule has 0 aliphatic carbocycles. The highest BCUT2D eigenvalue weighted by Crippen LogP contribution is 2.37. The van der Waals surface area contributed by atoms with Gasteiger partial charge in [0.05, 0.1) is 16.4 Å². The molecule has 0 saturated carbocycles. The molecule has 2 atom stereocenters. The molecule has 5 heteroatoms. The summed E-state index contributed by atoms with van der Waals surface area (Å²) in [4.78, 5) is 10.4. The highest BCUT2D eigenvalue weighted by atomic mass is 16.6. The molecule has 1 aliphatic heterocycles. The lowest BCUT2D eigenvalue weighted by atomic mass is 9.81. The molecule has 1 aliphatic rings. The fraction of sp³-hybridized carbons (Fsp3) is 0.533. The topological polar surface area (TPSA) is 76.2 Å². The minimum atomic E-state index is -0.433. The van der Waals surface area contributed by atoms with Crippen LogP contribution < -0.4 is 4.74 Å². The van der Waals surface area contributed by atoms with Crippen molar-refractivity contribution in [1.29, 1.82) is 5.26 Å². The second-order valence-corrected chi connectivity index (χ2v) is 6.09. The molecule has 0 spiro atoms. The van der Waals surface area contributed by atoms with Crippen LogP contribution in [-0.2, 0) is 6.42 Å². The smallest absolute Gasteiger partial charge is 0.269 e. The molecule has 20 heavy (non-hydrogen) atoms. The maximum Gasteiger partial charge on any atom is 0.269 e. The second-order valence-electron chi connectivity index (χ2n) is 6.09. The monoisotopic (exact) mass is 274 g/mol. The molecule has 1 heterocycles. The molecule has 0 aromatic heterocycles. The number of benzene rings is 1. The summed E-state index contributed by atoms with van der Waals surface area (Å²) in [7, 11) is 0. The third-order valence-corrected chi connectivity index (χ3v) is 3.72. The van der Waals surface area contributed by atoms with Crippen LogP contribution in [0.2, 0.25) is 0 Å². The van der Waals surface area contributed by atoms with Crippen LogP contribution in [0.5, 0.6) is 5.75 Å². The van der Waals surface area contributed by atoms with Gasteiger partial charge in [0.15, 0.2) is 0 Å². The Labute approximate surface area is 118 Å². The van der Waals surface area contributed by atoms with E-state index < -0.39 is 10.3 Å². The van der Waals surface area contributed by atoms with E-state index in [1.807, 2.05) is 13.8 Å². The van der Waals surface area contributed by atoms with E-state index in [0.717, 1.165) is 12.0 Å². The summed E-state index contributed by atoms with van der Waals surface area (Å²) in [5.41, 5.74) is 0.532. The standard InChI is InChI=1S/C15H18N2O3/c1-10-6-11-7-12(17(18)19)4-5-13(11)20-14(10)8-15(2,3)9-16/h4-5,7,10,14H,6,8H2,1-3H3. The fourth-order valence-corrected chi connectivity index (χ4v) is 2.50. The van der Waals surface area contributed by atoms with E-state index in [4.69, 9.17) is 10.00 Å². The first kappa shape index (κ1) is 14.3. The zero-order valence-corrected chi connectivity index (χ0v) is 11.9. The summed E-state index contributed by atoms with van der Waals surface area (Å²) in [6.07, 6.45) is 1.36. The molecule has 5 nitrogen and oxygen atoms in total. The van der Waals surface area contributed by atoms with Crippen LogP contribution in [-0.4, -0.2) is 11.0 Å². The van der Waals surface area contributed by atoms with E-state index in [0.29, 0.717) is 12.2 Å². The summed E-state index contributed by atoms with van der Waals surface area (Å²) >= 11 is 0. The Bertz CT molecular complexity index is 575. The van der Waals surface area contributed by atoms with E-state index in [1.165, 1.54) is 6.07 Å². The Balaban J connectivity index is 2.22. The normalized spacial score (nSPS) is 21.5. The van der Waals surface area contributed by atoms with Gasteiger partial charge in [-0.25, -0.2) is 0 Å². The summed E-state index contributed by atoms with van der Waals surface area (Å²) in [5, 5.41) is 19.9. The van der Waals surface area contributed by atoms with Crippen molar-refractivity contribution < 1.29 is 9.66 Å². The van der Waals surface area contributed by atoms with Gasteiger partial charge in [-0.3, -0.25) is 10.1 Å². The molecule has 1 aromatic carbocycles. The van der Waals surface area contributed by atoms with Crippen molar-refractivity contribution in [3.8, 4) is 11.8 Å². The summed E-state index contributed by atoms with van der Waals surface area (Å²) < 4.78 is 5.94. The van der Waals surface area contributed by atoms with Crippen molar-refractivity contribution in [3.05, 3.63) is 33.9 Å². The second kappa shape index (κ2) is 5.12. The van der Waals surface area contributed by atoms with Gasteiger partial charge in [0, 0.05) is 24.1 Å². The summed E-state index contributed by atoms with van der Waals surface area (Å²) in [5.74, 6) is 0.935. The fourth-order valence-electron chi connectivity index (χ4n) is 2.50. The Morgan fingerprint density at radius 3 is 2.85 bits per heavy atom. The molecule has 0 amide bonds. The first-order valence-corrected chi connectivity index (χ1v) is 6.67. The maximum atomic E-state index is 10.8. The SMILES string of the molecule is CC1Cc2cc([N+](=O)[O-])ccc2OC1CC(C)(C)C#N. The number of fused-ring (bicyclic) bond motifs is 1. The zero-order valence-electron chi connectivity index (χ0n) is 11.9. The van der Waals surface area contributed by atoms with Crippen LogP contribution in [0, 0.1) is 32.8 Å². The Morgan fingerprint density at radius 2 is 2.25 bits per heavy atom. The van der Waals surface area contributed by atoms with Crippen molar-refractivity contribution in [2.75, 3.05) is 0 Å². The van der Waals surface area contributed by atoms with Gasteiger partial charge in [0.1, 0.15) is 11.9 Å². The molecule has 106 valence electrons. The number of nitro benzene ring substituents is 1. The van der Waals surface area contributed by atoms with Gasteiger partial charge < -0.3 is 4.74 Å². The van der Waals surface area contributed by atoms with Crippen LogP contribution in [0.25, 0.3) is 0 Å². The van der Waals surface area contributed by atoms with E-state index in [9.17, 15) is 10.1 Å². The number of ether oxygens (including phenoxy) is 1. The van der Waals surface area contributed by atoms with Gasteiger partial charge in [0.2, 0.25) is 0 Å². The molecule has 0 bridgehead atoms. The number of non-ortho nitro benzene ring substituents is 1. The first-order valence-electron chi connectivity index (χ1n) is 6.67. The molecule has 0 fully saturated rings. The van der Waals surface area contributed by atoms with Crippen LogP contribution in [0.3, 0.4) is 0 Å².